The van der Waals surface area contributed by atoms with Crippen LogP contribution in [0.1, 0.15) is 5.56 Å². The summed E-state index contributed by atoms with van der Waals surface area (Å²) in [5.41, 5.74) is 2.00. The number of hydrogen-bond donors (Lipinski definition) is 1. The molecule has 1 fully saturated rings. The number of nitro benzene ring substituents is 1. The number of hydrogen-bond acceptors (Lipinski definition) is 7. The highest BCUT2D eigenvalue weighted by Gasteiger charge is 2.30. The molecule has 0 atom stereocenters. The van der Waals surface area contributed by atoms with Crippen molar-refractivity contribution in [2.45, 2.75) is 4.90 Å². The van der Waals surface area contributed by atoms with Gasteiger partial charge in [0, 0.05) is 36.9 Å². The highest BCUT2D eigenvalue weighted by Crippen LogP contribution is 2.29. The minimum atomic E-state index is -4.07. The second kappa shape index (κ2) is 8.59. The smallest absolute Gasteiger partial charge is 0.270 e. The van der Waals surface area contributed by atoms with E-state index in [9.17, 15) is 27.3 Å². The van der Waals surface area contributed by atoms with E-state index in [4.69, 9.17) is 4.74 Å². The van der Waals surface area contributed by atoms with Crippen molar-refractivity contribution >= 4 is 27.6 Å². The molecule has 1 aliphatic heterocycles. The van der Waals surface area contributed by atoms with Gasteiger partial charge in [0.2, 0.25) is 10.0 Å². The third kappa shape index (κ3) is 4.72. The number of nitrogens with zero attached hydrogens (tertiary/aromatic N) is 3. The van der Waals surface area contributed by atoms with Crippen molar-refractivity contribution in [2.24, 2.45) is 5.10 Å². The van der Waals surface area contributed by atoms with E-state index in [1.165, 1.54) is 6.07 Å². The second-order valence-corrected chi connectivity index (χ2v) is 7.90. The SMILES string of the molecule is O=[N+]([O-])c1ccc(N/N=C/c2ccc(F)cc2F)c(S(=O)(=O)N2CCOCC2)c1. The molecule has 29 heavy (non-hydrogen) atoms. The predicted molar refractivity (Wildman–Crippen MR) is 100 cm³/mol. The minimum absolute atomic E-state index is 0.0270. The molecule has 0 aliphatic carbocycles. The van der Waals surface area contributed by atoms with Gasteiger partial charge in [0.15, 0.2) is 0 Å². The maximum atomic E-state index is 13.7. The van der Waals surface area contributed by atoms with Gasteiger partial charge < -0.3 is 4.74 Å². The molecule has 3 rings (SSSR count). The normalized spacial score (nSPS) is 15.5. The Morgan fingerprint density at radius 2 is 1.90 bits per heavy atom. The van der Waals surface area contributed by atoms with Crippen molar-refractivity contribution in [3.05, 3.63) is 63.7 Å². The molecule has 0 radical (unpaired) electrons. The Balaban J connectivity index is 1.93. The van der Waals surface area contributed by atoms with Gasteiger partial charge in [-0.1, -0.05) is 0 Å². The Kier molecular flexibility index (Phi) is 6.15. The topological polar surface area (TPSA) is 114 Å². The lowest BCUT2D eigenvalue weighted by molar-refractivity contribution is -0.385. The van der Waals surface area contributed by atoms with E-state index < -0.39 is 32.3 Å². The zero-order valence-electron chi connectivity index (χ0n) is 14.9. The molecule has 1 heterocycles. The van der Waals surface area contributed by atoms with Gasteiger partial charge in [0.05, 0.1) is 30.0 Å². The predicted octanol–water partition coefficient (Wildman–Crippen LogP) is 2.34. The zero-order valence-corrected chi connectivity index (χ0v) is 15.7. The van der Waals surface area contributed by atoms with Crippen molar-refractivity contribution in [1.82, 2.24) is 4.31 Å². The molecular weight excluding hydrogens is 410 g/mol. The summed E-state index contributed by atoms with van der Waals surface area (Å²) in [6, 6.07) is 6.14. The average molecular weight is 426 g/mol. The number of anilines is 1. The van der Waals surface area contributed by atoms with Gasteiger partial charge in [-0.2, -0.15) is 9.41 Å². The summed E-state index contributed by atoms with van der Waals surface area (Å²) < 4.78 is 58.9. The third-order valence-corrected chi connectivity index (χ3v) is 6.05. The number of nitrogens with one attached hydrogen (secondary N) is 1. The highest BCUT2D eigenvalue weighted by molar-refractivity contribution is 7.89. The number of benzene rings is 2. The van der Waals surface area contributed by atoms with Gasteiger partial charge in [0.25, 0.3) is 5.69 Å². The van der Waals surface area contributed by atoms with Gasteiger partial charge in [-0.15, -0.1) is 0 Å². The van der Waals surface area contributed by atoms with Crippen LogP contribution >= 0.6 is 0 Å². The Hall–Kier alpha value is -2.96. The van der Waals surface area contributed by atoms with Crippen molar-refractivity contribution in [3.8, 4) is 0 Å². The molecule has 9 nitrogen and oxygen atoms in total. The lowest BCUT2D eigenvalue weighted by atomic mass is 10.2. The Morgan fingerprint density at radius 1 is 1.17 bits per heavy atom. The third-order valence-electron chi connectivity index (χ3n) is 4.12. The van der Waals surface area contributed by atoms with Crippen LogP contribution < -0.4 is 5.43 Å². The number of halogens is 2. The van der Waals surface area contributed by atoms with Crippen LogP contribution in [-0.2, 0) is 14.8 Å². The number of nitro groups is 1. The summed E-state index contributed by atoms with van der Waals surface area (Å²) in [5.74, 6) is -1.60. The Morgan fingerprint density at radius 3 is 2.55 bits per heavy atom. The van der Waals surface area contributed by atoms with Crippen molar-refractivity contribution in [3.63, 3.8) is 0 Å². The van der Waals surface area contributed by atoms with Crippen LogP contribution in [0.15, 0.2) is 46.4 Å². The maximum absolute atomic E-state index is 13.7. The van der Waals surface area contributed by atoms with E-state index in [0.29, 0.717) is 6.07 Å². The number of morpholine rings is 1. The average Bonchev–Trinajstić information content (AvgIpc) is 2.70. The number of hydrazone groups is 1. The van der Waals surface area contributed by atoms with E-state index in [2.05, 4.69) is 10.5 Å². The fraction of sp³-hybridized carbons (Fsp3) is 0.235. The van der Waals surface area contributed by atoms with E-state index in [1.54, 1.807) is 0 Å². The lowest BCUT2D eigenvalue weighted by Gasteiger charge is -2.26. The molecule has 0 spiro atoms. The fourth-order valence-corrected chi connectivity index (χ4v) is 4.20. The van der Waals surface area contributed by atoms with Gasteiger partial charge in [-0.3, -0.25) is 15.5 Å². The number of non-ortho nitro benzene ring substituents is 1. The number of rotatable bonds is 6. The summed E-state index contributed by atoms with van der Waals surface area (Å²) in [5, 5.41) is 14.9. The molecule has 1 N–H and O–H groups in total. The van der Waals surface area contributed by atoms with Crippen molar-refractivity contribution in [1.29, 1.82) is 0 Å². The van der Waals surface area contributed by atoms with Crippen LogP contribution in [0, 0.1) is 21.7 Å². The van der Waals surface area contributed by atoms with Crippen LogP contribution in [0.5, 0.6) is 0 Å². The summed E-state index contributed by atoms with van der Waals surface area (Å²) in [6.45, 7) is 0.626. The van der Waals surface area contributed by atoms with E-state index in [1.807, 2.05) is 0 Å². The molecular formula is C17H16F2N4O5S. The van der Waals surface area contributed by atoms with E-state index in [0.717, 1.165) is 34.8 Å². The maximum Gasteiger partial charge on any atom is 0.270 e. The largest absolute Gasteiger partial charge is 0.379 e. The molecule has 0 amide bonds. The van der Waals surface area contributed by atoms with E-state index >= 15 is 0 Å². The Bertz CT molecular complexity index is 1060. The van der Waals surface area contributed by atoms with Crippen LogP contribution in [0.2, 0.25) is 0 Å². The van der Waals surface area contributed by atoms with Gasteiger partial charge in [0.1, 0.15) is 16.5 Å². The quantitative estimate of drug-likeness (QED) is 0.431. The number of ether oxygens (including phenoxy) is 1. The van der Waals surface area contributed by atoms with Crippen LogP contribution in [0.25, 0.3) is 0 Å². The molecule has 12 heteroatoms. The van der Waals surface area contributed by atoms with Crippen molar-refractivity contribution < 1.29 is 26.9 Å². The molecule has 154 valence electrons. The first kappa shape index (κ1) is 20.8. The van der Waals surface area contributed by atoms with Gasteiger partial charge in [-0.05, 0) is 18.2 Å². The molecule has 1 aliphatic rings. The molecule has 0 bridgehead atoms. The molecule has 0 aromatic heterocycles. The van der Waals surface area contributed by atoms with Crippen LogP contribution in [0.3, 0.4) is 0 Å². The lowest BCUT2D eigenvalue weighted by Crippen LogP contribution is -2.40. The second-order valence-electron chi connectivity index (χ2n) is 5.99. The fourth-order valence-electron chi connectivity index (χ4n) is 2.63. The summed E-state index contributed by atoms with van der Waals surface area (Å²) in [6.07, 6.45) is 1.04. The molecule has 2 aromatic carbocycles. The first-order chi connectivity index (χ1) is 13.8. The number of sulfonamides is 1. The standard InChI is InChI=1S/C17H16F2N4O5S/c18-13-2-1-12(15(19)9-13)11-20-21-16-4-3-14(23(24)25)10-17(16)29(26,27)22-5-7-28-8-6-22/h1-4,9-11,21H,5-8H2/b20-11+. The molecule has 0 unspecified atom stereocenters. The van der Waals surface area contributed by atoms with Gasteiger partial charge >= 0.3 is 0 Å². The zero-order chi connectivity index (χ0) is 21.0. The summed E-state index contributed by atoms with van der Waals surface area (Å²) in [4.78, 5) is 10.0. The Labute approximate surface area is 164 Å². The van der Waals surface area contributed by atoms with Gasteiger partial charge in [-0.25, -0.2) is 17.2 Å². The summed E-state index contributed by atoms with van der Waals surface area (Å²) in [7, 11) is -4.07. The van der Waals surface area contributed by atoms with E-state index in [-0.39, 0.29) is 42.4 Å². The molecule has 0 saturated carbocycles. The van der Waals surface area contributed by atoms with Crippen molar-refractivity contribution in [2.75, 3.05) is 31.7 Å². The first-order valence-corrected chi connectivity index (χ1v) is 9.83. The van der Waals surface area contributed by atoms with Crippen LogP contribution in [-0.4, -0.2) is 50.2 Å². The molecule has 1 saturated heterocycles. The first-order valence-electron chi connectivity index (χ1n) is 8.39. The minimum Gasteiger partial charge on any atom is -0.379 e. The van der Waals surface area contributed by atoms with Crippen LogP contribution in [0.4, 0.5) is 20.2 Å². The highest BCUT2D eigenvalue weighted by atomic mass is 32.2. The summed E-state index contributed by atoms with van der Waals surface area (Å²) >= 11 is 0. The monoisotopic (exact) mass is 426 g/mol. The molecule has 2 aromatic rings.